The third-order valence-corrected chi connectivity index (χ3v) is 2.99. The Balaban J connectivity index is 2.26. The Kier molecular flexibility index (Phi) is 3.32. The summed E-state index contributed by atoms with van der Waals surface area (Å²) in [4.78, 5) is 0. The van der Waals surface area contributed by atoms with Crippen LogP contribution in [-0.2, 0) is 0 Å². The van der Waals surface area contributed by atoms with Crippen LogP contribution in [0.15, 0.2) is 42.5 Å². The van der Waals surface area contributed by atoms with Crippen molar-refractivity contribution in [1.82, 2.24) is 0 Å². The number of nitrogens with one attached hydrogen (secondary N) is 1. The Morgan fingerprint density at radius 1 is 1.12 bits per heavy atom. The van der Waals surface area contributed by atoms with Crippen LogP contribution in [0.4, 0.5) is 11.4 Å². The summed E-state index contributed by atoms with van der Waals surface area (Å²) >= 11 is 6.19. The monoisotopic (exact) mass is 242 g/mol. The zero-order chi connectivity index (χ0) is 12.3. The van der Waals surface area contributed by atoms with Crippen LogP contribution in [0.25, 0.3) is 0 Å². The average Bonchev–Trinajstić information content (AvgIpc) is 2.36. The van der Waals surface area contributed by atoms with Gasteiger partial charge in [0.15, 0.2) is 0 Å². The van der Waals surface area contributed by atoms with Gasteiger partial charge >= 0.3 is 0 Å². The Hall–Kier alpha value is -1.98. The summed E-state index contributed by atoms with van der Waals surface area (Å²) in [7, 11) is 0. The Bertz CT molecular complexity index is 568. The lowest BCUT2D eigenvalue weighted by Crippen LogP contribution is -1.92. The molecule has 2 aromatic rings. The predicted octanol–water partition coefficient (Wildman–Crippen LogP) is 4.26. The van der Waals surface area contributed by atoms with Gasteiger partial charge in [-0.15, -0.1) is 0 Å². The molecule has 0 aliphatic heterocycles. The van der Waals surface area contributed by atoms with Crippen molar-refractivity contribution in [3.8, 4) is 6.07 Å². The third kappa shape index (κ3) is 2.58. The standard InChI is InChI=1S/C14H11ClN2/c1-10-3-2-4-13(14(10)15)17-12-7-5-11(9-16)6-8-12/h2-8,17H,1H3. The van der Waals surface area contributed by atoms with Gasteiger partial charge in [0.25, 0.3) is 0 Å². The maximum Gasteiger partial charge on any atom is 0.0991 e. The van der Waals surface area contributed by atoms with E-state index in [4.69, 9.17) is 16.9 Å². The van der Waals surface area contributed by atoms with Crippen molar-refractivity contribution >= 4 is 23.0 Å². The van der Waals surface area contributed by atoms with Crippen molar-refractivity contribution in [3.63, 3.8) is 0 Å². The fourth-order valence-electron chi connectivity index (χ4n) is 1.53. The molecule has 0 aliphatic rings. The van der Waals surface area contributed by atoms with Gasteiger partial charge in [0, 0.05) is 5.69 Å². The van der Waals surface area contributed by atoms with E-state index in [9.17, 15) is 0 Å². The molecule has 1 N–H and O–H groups in total. The normalized spacial score (nSPS) is 9.71. The number of aryl methyl sites for hydroxylation is 1. The number of hydrogen-bond donors (Lipinski definition) is 1. The maximum atomic E-state index is 8.71. The van der Waals surface area contributed by atoms with E-state index in [2.05, 4.69) is 11.4 Å². The molecule has 0 unspecified atom stereocenters. The quantitative estimate of drug-likeness (QED) is 0.854. The first-order valence-corrected chi connectivity index (χ1v) is 5.61. The average molecular weight is 243 g/mol. The molecule has 17 heavy (non-hydrogen) atoms. The highest BCUT2D eigenvalue weighted by Crippen LogP contribution is 2.28. The van der Waals surface area contributed by atoms with Crippen LogP contribution in [0.1, 0.15) is 11.1 Å². The van der Waals surface area contributed by atoms with Crippen molar-refractivity contribution in [2.24, 2.45) is 0 Å². The number of halogens is 1. The zero-order valence-corrected chi connectivity index (χ0v) is 10.1. The van der Waals surface area contributed by atoms with Gasteiger partial charge in [0.2, 0.25) is 0 Å². The van der Waals surface area contributed by atoms with Gasteiger partial charge in [-0.2, -0.15) is 5.26 Å². The summed E-state index contributed by atoms with van der Waals surface area (Å²) in [6.07, 6.45) is 0. The fourth-order valence-corrected chi connectivity index (χ4v) is 1.70. The van der Waals surface area contributed by atoms with Crippen molar-refractivity contribution < 1.29 is 0 Å². The lowest BCUT2D eigenvalue weighted by atomic mass is 10.2. The smallest absolute Gasteiger partial charge is 0.0991 e. The summed E-state index contributed by atoms with van der Waals surface area (Å²) in [6.45, 7) is 1.96. The summed E-state index contributed by atoms with van der Waals surface area (Å²) in [5.41, 5.74) is 3.46. The minimum Gasteiger partial charge on any atom is -0.354 e. The fraction of sp³-hybridized carbons (Fsp3) is 0.0714. The van der Waals surface area contributed by atoms with Crippen molar-refractivity contribution in [1.29, 1.82) is 5.26 Å². The van der Waals surface area contributed by atoms with Gasteiger partial charge in [0.05, 0.1) is 22.3 Å². The highest BCUT2D eigenvalue weighted by molar-refractivity contribution is 6.34. The van der Waals surface area contributed by atoms with Crippen molar-refractivity contribution in [2.75, 3.05) is 5.32 Å². The lowest BCUT2D eigenvalue weighted by molar-refractivity contribution is 1.44. The van der Waals surface area contributed by atoms with E-state index in [-0.39, 0.29) is 0 Å². The second-order valence-electron chi connectivity index (χ2n) is 3.75. The van der Waals surface area contributed by atoms with Crippen LogP contribution in [0.5, 0.6) is 0 Å². The molecule has 0 radical (unpaired) electrons. The molecule has 0 aliphatic carbocycles. The van der Waals surface area contributed by atoms with E-state index in [0.29, 0.717) is 5.56 Å². The molecule has 0 aromatic heterocycles. The molecule has 0 saturated heterocycles. The van der Waals surface area contributed by atoms with Crippen molar-refractivity contribution in [2.45, 2.75) is 6.92 Å². The number of rotatable bonds is 2. The van der Waals surface area contributed by atoms with Gasteiger partial charge in [0.1, 0.15) is 0 Å². The van der Waals surface area contributed by atoms with Crippen molar-refractivity contribution in [3.05, 3.63) is 58.6 Å². The number of nitrogens with zero attached hydrogens (tertiary/aromatic N) is 1. The number of hydrogen-bond acceptors (Lipinski definition) is 2. The van der Waals surface area contributed by atoms with E-state index in [1.807, 2.05) is 37.3 Å². The first-order valence-electron chi connectivity index (χ1n) is 5.23. The SMILES string of the molecule is Cc1cccc(Nc2ccc(C#N)cc2)c1Cl. The van der Waals surface area contributed by atoms with Gasteiger partial charge in [-0.1, -0.05) is 23.7 Å². The number of anilines is 2. The molecule has 2 aromatic carbocycles. The molecule has 0 spiro atoms. The van der Waals surface area contributed by atoms with E-state index in [1.54, 1.807) is 12.1 Å². The lowest BCUT2D eigenvalue weighted by Gasteiger charge is -2.09. The number of benzene rings is 2. The zero-order valence-electron chi connectivity index (χ0n) is 9.37. The maximum absolute atomic E-state index is 8.71. The molecule has 0 amide bonds. The predicted molar refractivity (Wildman–Crippen MR) is 70.6 cm³/mol. The number of nitriles is 1. The van der Waals surface area contributed by atoms with Crippen LogP contribution in [0.2, 0.25) is 5.02 Å². The third-order valence-electron chi connectivity index (χ3n) is 2.48. The Labute approximate surface area is 105 Å². The summed E-state index contributed by atoms with van der Waals surface area (Å²) in [6, 6.07) is 15.2. The minimum atomic E-state index is 0.644. The summed E-state index contributed by atoms with van der Waals surface area (Å²) < 4.78 is 0. The van der Waals surface area contributed by atoms with Crippen LogP contribution in [-0.4, -0.2) is 0 Å². The van der Waals surface area contributed by atoms with Crippen LogP contribution in [0.3, 0.4) is 0 Å². The van der Waals surface area contributed by atoms with Gasteiger partial charge < -0.3 is 5.32 Å². The molecule has 0 heterocycles. The molecule has 0 fully saturated rings. The molecular formula is C14H11ClN2. The van der Waals surface area contributed by atoms with E-state index < -0.39 is 0 Å². The first-order chi connectivity index (χ1) is 8.20. The molecule has 2 rings (SSSR count). The van der Waals surface area contributed by atoms with Crippen LogP contribution >= 0.6 is 11.6 Å². The summed E-state index contributed by atoms with van der Waals surface area (Å²) in [5.74, 6) is 0. The molecule has 2 nitrogen and oxygen atoms in total. The topological polar surface area (TPSA) is 35.8 Å². The van der Waals surface area contributed by atoms with E-state index in [1.165, 1.54) is 0 Å². The Morgan fingerprint density at radius 3 is 2.47 bits per heavy atom. The van der Waals surface area contributed by atoms with Crippen LogP contribution < -0.4 is 5.32 Å². The van der Waals surface area contributed by atoms with Gasteiger partial charge in [-0.3, -0.25) is 0 Å². The highest BCUT2D eigenvalue weighted by Gasteiger charge is 2.02. The molecule has 0 saturated carbocycles. The van der Waals surface area contributed by atoms with E-state index >= 15 is 0 Å². The first kappa shape index (κ1) is 11.5. The molecular weight excluding hydrogens is 232 g/mol. The molecule has 84 valence electrons. The highest BCUT2D eigenvalue weighted by atomic mass is 35.5. The minimum absolute atomic E-state index is 0.644. The molecule has 0 bridgehead atoms. The van der Waals surface area contributed by atoms with E-state index in [0.717, 1.165) is 22.0 Å². The molecule has 0 atom stereocenters. The molecule has 3 heteroatoms. The van der Waals surface area contributed by atoms with Crippen LogP contribution in [0, 0.1) is 18.3 Å². The largest absolute Gasteiger partial charge is 0.354 e. The second kappa shape index (κ2) is 4.90. The van der Waals surface area contributed by atoms with Gasteiger partial charge in [-0.05, 0) is 42.8 Å². The Morgan fingerprint density at radius 2 is 1.82 bits per heavy atom. The summed E-state index contributed by atoms with van der Waals surface area (Å²) in [5, 5.41) is 12.6. The van der Waals surface area contributed by atoms with Gasteiger partial charge in [-0.25, -0.2) is 0 Å². The second-order valence-corrected chi connectivity index (χ2v) is 4.13.